The topological polar surface area (TPSA) is 45.0 Å². The molecule has 0 saturated carbocycles. The van der Waals surface area contributed by atoms with Crippen LogP contribution in [0.1, 0.15) is 11.1 Å². The lowest BCUT2D eigenvalue weighted by atomic mass is 10.1. The number of hydrogen-bond acceptors (Lipinski definition) is 3. The van der Waals surface area contributed by atoms with Gasteiger partial charge in [-0.15, -0.1) is 0 Å². The van der Waals surface area contributed by atoms with E-state index in [0.717, 1.165) is 21.5 Å². The molecule has 2 aromatic rings. The molecule has 4 heteroatoms. The van der Waals surface area contributed by atoms with Crippen molar-refractivity contribution in [3.05, 3.63) is 58.1 Å². The van der Waals surface area contributed by atoms with Crippen molar-refractivity contribution in [3.63, 3.8) is 0 Å². The average molecular weight is 317 g/mol. The molecule has 0 aliphatic heterocycles. The summed E-state index contributed by atoms with van der Waals surface area (Å²) in [6, 6.07) is 15.4. The van der Waals surface area contributed by atoms with Gasteiger partial charge in [0.1, 0.15) is 5.75 Å². The second-order valence-electron chi connectivity index (χ2n) is 3.97. The van der Waals surface area contributed by atoms with Crippen molar-refractivity contribution in [2.24, 2.45) is 0 Å². The van der Waals surface area contributed by atoms with Crippen molar-refractivity contribution in [3.8, 4) is 11.8 Å². The van der Waals surface area contributed by atoms with Gasteiger partial charge in [0.05, 0.1) is 18.7 Å². The summed E-state index contributed by atoms with van der Waals surface area (Å²) in [7, 11) is 1.63. The lowest BCUT2D eigenvalue weighted by molar-refractivity contribution is 0.410. The first-order chi connectivity index (χ1) is 9.24. The molecular formula is C15H13BrN2O. The molecule has 2 aromatic carbocycles. The maximum atomic E-state index is 8.94. The molecule has 96 valence electrons. The van der Waals surface area contributed by atoms with Crippen LogP contribution in [-0.2, 0) is 6.54 Å². The normalized spacial score (nSPS) is 9.74. The predicted molar refractivity (Wildman–Crippen MR) is 79.2 cm³/mol. The molecule has 0 fully saturated rings. The predicted octanol–water partition coefficient (Wildman–Crippen LogP) is 3.94. The number of anilines is 1. The minimum atomic E-state index is 0.599. The van der Waals surface area contributed by atoms with Crippen LogP contribution in [-0.4, -0.2) is 7.11 Å². The molecule has 0 aliphatic carbocycles. The summed E-state index contributed by atoms with van der Waals surface area (Å²) in [5, 5.41) is 12.3. The zero-order valence-electron chi connectivity index (χ0n) is 10.5. The largest absolute Gasteiger partial charge is 0.496 e. The minimum absolute atomic E-state index is 0.599. The van der Waals surface area contributed by atoms with Crippen LogP contribution in [0.4, 0.5) is 5.69 Å². The summed E-state index contributed by atoms with van der Waals surface area (Å²) < 4.78 is 6.31. The van der Waals surface area contributed by atoms with Gasteiger partial charge in [-0.1, -0.05) is 12.1 Å². The number of hydrogen-bond donors (Lipinski definition) is 1. The first-order valence-corrected chi connectivity index (χ1v) is 6.59. The Morgan fingerprint density at radius 2 is 2.05 bits per heavy atom. The van der Waals surface area contributed by atoms with Gasteiger partial charge >= 0.3 is 0 Å². The van der Waals surface area contributed by atoms with Crippen LogP contribution in [0.5, 0.6) is 5.75 Å². The zero-order valence-corrected chi connectivity index (χ0v) is 12.1. The van der Waals surface area contributed by atoms with Crippen molar-refractivity contribution in [2.75, 3.05) is 12.4 Å². The molecule has 0 amide bonds. The molecule has 0 atom stereocenters. The fraction of sp³-hybridized carbons (Fsp3) is 0.133. The second-order valence-corrected chi connectivity index (χ2v) is 4.83. The van der Waals surface area contributed by atoms with E-state index >= 15 is 0 Å². The third kappa shape index (κ3) is 3.27. The van der Waals surface area contributed by atoms with Crippen molar-refractivity contribution < 1.29 is 4.74 Å². The number of nitrogens with zero attached hydrogens (tertiary/aromatic N) is 1. The highest BCUT2D eigenvalue weighted by atomic mass is 79.9. The van der Waals surface area contributed by atoms with Crippen molar-refractivity contribution in [2.45, 2.75) is 6.54 Å². The number of benzene rings is 2. The fourth-order valence-corrected chi connectivity index (χ4v) is 2.21. The van der Waals surface area contributed by atoms with E-state index in [2.05, 4.69) is 27.3 Å². The van der Waals surface area contributed by atoms with Gasteiger partial charge < -0.3 is 10.1 Å². The Kier molecular flexibility index (Phi) is 4.43. The van der Waals surface area contributed by atoms with Gasteiger partial charge in [-0.05, 0) is 46.3 Å². The third-order valence-corrected chi connectivity index (χ3v) is 3.44. The number of para-hydroxylation sites is 1. The van der Waals surface area contributed by atoms with Gasteiger partial charge in [0, 0.05) is 22.3 Å². The van der Waals surface area contributed by atoms with Gasteiger partial charge in [0.2, 0.25) is 0 Å². The Morgan fingerprint density at radius 3 is 2.74 bits per heavy atom. The molecule has 0 unspecified atom stereocenters. The molecule has 1 N–H and O–H groups in total. The maximum Gasteiger partial charge on any atom is 0.123 e. The Labute approximate surface area is 121 Å². The minimum Gasteiger partial charge on any atom is -0.496 e. The van der Waals surface area contributed by atoms with Gasteiger partial charge in [0.25, 0.3) is 0 Å². The molecule has 0 aromatic heterocycles. The summed E-state index contributed by atoms with van der Waals surface area (Å²) >= 11 is 3.49. The Hall–Kier alpha value is -1.99. The van der Waals surface area contributed by atoms with Crippen LogP contribution in [0.25, 0.3) is 0 Å². The number of nitrogens with one attached hydrogen (secondary N) is 1. The van der Waals surface area contributed by atoms with Gasteiger partial charge in [-0.25, -0.2) is 0 Å². The van der Waals surface area contributed by atoms with E-state index in [1.807, 2.05) is 36.4 Å². The summed E-state index contributed by atoms with van der Waals surface area (Å²) in [4.78, 5) is 0. The molecule has 0 bridgehead atoms. The Bertz CT molecular complexity index is 620. The van der Waals surface area contributed by atoms with Crippen molar-refractivity contribution in [1.82, 2.24) is 0 Å². The standard InChI is InChI=1S/C15H13BrN2O/c1-19-15-7-6-11(9-17)8-12(15)10-18-14-5-3-2-4-13(14)16/h2-8,18H,10H2,1H3. The van der Waals surface area contributed by atoms with Crippen LogP contribution in [0.15, 0.2) is 46.9 Å². The number of halogens is 1. The fourth-order valence-electron chi connectivity index (χ4n) is 1.78. The third-order valence-electron chi connectivity index (χ3n) is 2.75. The molecular weight excluding hydrogens is 304 g/mol. The second kappa shape index (κ2) is 6.26. The van der Waals surface area contributed by atoms with Gasteiger partial charge in [0.15, 0.2) is 0 Å². The summed E-state index contributed by atoms with van der Waals surface area (Å²) in [5.74, 6) is 0.776. The van der Waals surface area contributed by atoms with E-state index in [-0.39, 0.29) is 0 Å². The quantitative estimate of drug-likeness (QED) is 0.929. The van der Waals surface area contributed by atoms with E-state index in [0.29, 0.717) is 12.1 Å². The molecule has 0 spiro atoms. The molecule has 3 nitrogen and oxygen atoms in total. The first kappa shape index (κ1) is 13.4. The number of rotatable bonds is 4. The van der Waals surface area contributed by atoms with E-state index in [1.165, 1.54) is 0 Å². The molecule has 19 heavy (non-hydrogen) atoms. The highest BCUT2D eigenvalue weighted by molar-refractivity contribution is 9.10. The maximum absolute atomic E-state index is 8.94. The van der Waals surface area contributed by atoms with Crippen LogP contribution in [0.3, 0.4) is 0 Å². The molecule has 0 aliphatic rings. The van der Waals surface area contributed by atoms with Crippen LogP contribution in [0.2, 0.25) is 0 Å². The monoisotopic (exact) mass is 316 g/mol. The van der Waals surface area contributed by atoms with E-state index in [4.69, 9.17) is 10.00 Å². The molecule has 0 radical (unpaired) electrons. The Balaban J connectivity index is 2.19. The van der Waals surface area contributed by atoms with E-state index in [1.54, 1.807) is 13.2 Å². The molecule has 2 rings (SSSR count). The van der Waals surface area contributed by atoms with Gasteiger partial charge in [-0.2, -0.15) is 5.26 Å². The molecule has 0 heterocycles. The SMILES string of the molecule is COc1ccc(C#N)cc1CNc1ccccc1Br. The lowest BCUT2D eigenvalue weighted by Crippen LogP contribution is -2.02. The highest BCUT2D eigenvalue weighted by Crippen LogP contribution is 2.24. The van der Waals surface area contributed by atoms with Crippen LogP contribution < -0.4 is 10.1 Å². The van der Waals surface area contributed by atoms with Crippen molar-refractivity contribution in [1.29, 1.82) is 5.26 Å². The number of nitriles is 1. The number of ether oxygens (including phenoxy) is 1. The molecule has 0 saturated heterocycles. The summed E-state index contributed by atoms with van der Waals surface area (Å²) in [6.07, 6.45) is 0. The number of methoxy groups -OCH3 is 1. The summed E-state index contributed by atoms with van der Waals surface area (Å²) in [5.41, 5.74) is 2.59. The van der Waals surface area contributed by atoms with E-state index < -0.39 is 0 Å². The summed E-state index contributed by atoms with van der Waals surface area (Å²) in [6.45, 7) is 0.599. The zero-order chi connectivity index (χ0) is 13.7. The Morgan fingerprint density at radius 1 is 1.26 bits per heavy atom. The van der Waals surface area contributed by atoms with Crippen LogP contribution >= 0.6 is 15.9 Å². The first-order valence-electron chi connectivity index (χ1n) is 5.80. The van der Waals surface area contributed by atoms with E-state index in [9.17, 15) is 0 Å². The smallest absolute Gasteiger partial charge is 0.123 e. The lowest BCUT2D eigenvalue weighted by Gasteiger charge is -2.12. The van der Waals surface area contributed by atoms with Crippen LogP contribution in [0, 0.1) is 11.3 Å². The van der Waals surface area contributed by atoms with Gasteiger partial charge in [-0.3, -0.25) is 0 Å². The van der Waals surface area contributed by atoms with Crippen molar-refractivity contribution >= 4 is 21.6 Å². The average Bonchev–Trinajstić information content (AvgIpc) is 2.46. The highest BCUT2D eigenvalue weighted by Gasteiger charge is 2.05.